The molecule has 2 heterocycles. The highest BCUT2D eigenvalue weighted by Crippen LogP contribution is 2.45. The van der Waals surface area contributed by atoms with E-state index in [4.69, 9.17) is 18.9 Å². The lowest BCUT2D eigenvalue weighted by atomic mass is 9.84. The van der Waals surface area contributed by atoms with Crippen LogP contribution in [0.1, 0.15) is 31.4 Å². The Bertz CT molecular complexity index is 1050. The van der Waals surface area contributed by atoms with Gasteiger partial charge in [0.15, 0.2) is 23.0 Å². The molecule has 5 rings (SSSR count). The van der Waals surface area contributed by atoms with Crippen LogP contribution in [-0.2, 0) is 13.0 Å². The molecule has 0 aromatic heterocycles. The first-order valence-electron chi connectivity index (χ1n) is 10.8. The normalized spacial score (nSPS) is 18.5. The zero-order chi connectivity index (χ0) is 20.8. The van der Waals surface area contributed by atoms with Gasteiger partial charge < -0.3 is 18.9 Å². The van der Waals surface area contributed by atoms with E-state index in [1.54, 1.807) is 14.2 Å². The van der Waals surface area contributed by atoms with Crippen LogP contribution in [0.5, 0.6) is 23.0 Å². The molecule has 0 radical (unpaired) electrons. The third-order valence-electron chi connectivity index (χ3n) is 6.71. The van der Waals surface area contributed by atoms with Gasteiger partial charge in [-0.05, 0) is 76.3 Å². The Kier molecular flexibility index (Phi) is 4.86. The first-order chi connectivity index (χ1) is 14.7. The molecule has 0 saturated heterocycles. The van der Waals surface area contributed by atoms with Gasteiger partial charge >= 0.3 is 0 Å². The molecule has 0 amide bonds. The van der Waals surface area contributed by atoms with Crippen molar-refractivity contribution in [2.75, 3.05) is 34.0 Å². The number of benzene rings is 3. The van der Waals surface area contributed by atoms with Crippen molar-refractivity contribution < 1.29 is 18.9 Å². The molecule has 0 saturated carbocycles. The van der Waals surface area contributed by atoms with Crippen LogP contribution in [0.25, 0.3) is 21.5 Å². The maximum Gasteiger partial charge on any atom is 0.162 e. The Morgan fingerprint density at radius 1 is 0.833 bits per heavy atom. The predicted octanol–water partition coefficient (Wildman–Crippen LogP) is 4.94. The maximum absolute atomic E-state index is 5.93. The lowest BCUT2D eigenvalue weighted by Crippen LogP contribution is -2.40. The van der Waals surface area contributed by atoms with Gasteiger partial charge in [-0.15, -0.1) is 0 Å². The molecule has 2 aliphatic heterocycles. The van der Waals surface area contributed by atoms with Crippen molar-refractivity contribution in [3.05, 3.63) is 35.4 Å². The van der Waals surface area contributed by atoms with E-state index in [2.05, 4.69) is 43.0 Å². The molecule has 3 aromatic carbocycles. The van der Waals surface area contributed by atoms with Crippen LogP contribution in [0.3, 0.4) is 0 Å². The van der Waals surface area contributed by atoms with Gasteiger partial charge in [0.25, 0.3) is 0 Å². The Morgan fingerprint density at radius 2 is 1.40 bits per heavy atom. The van der Waals surface area contributed by atoms with Crippen molar-refractivity contribution in [1.29, 1.82) is 0 Å². The second-order valence-electron chi connectivity index (χ2n) is 8.08. The minimum Gasteiger partial charge on any atom is -0.493 e. The number of methoxy groups -OCH3 is 2. The highest BCUT2D eigenvalue weighted by atomic mass is 16.6. The van der Waals surface area contributed by atoms with Gasteiger partial charge in [-0.3, -0.25) is 4.90 Å². The van der Waals surface area contributed by atoms with E-state index in [1.807, 2.05) is 0 Å². The first-order valence-corrected chi connectivity index (χ1v) is 10.8. The van der Waals surface area contributed by atoms with Crippen molar-refractivity contribution in [2.45, 2.75) is 39.3 Å². The van der Waals surface area contributed by atoms with Gasteiger partial charge in [-0.2, -0.15) is 0 Å². The van der Waals surface area contributed by atoms with Crippen LogP contribution in [-0.4, -0.2) is 44.9 Å². The van der Waals surface area contributed by atoms with E-state index in [1.165, 1.54) is 32.7 Å². The van der Waals surface area contributed by atoms with Crippen LogP contribution in [0.2, 0.25) is 0 Å². The molecule has 2 aliphatic rings. The van der Waals surface area contributed by atoms with E-state index in [-0.39, 0.29) is 0 Å². The molecule has 1 atom stereocenters. The van der Waals surface area contributed by atoms with Crippen LogP contribution in [0.15, 0.2) is 24.3 Å². The number of hydrogen-bond donors (Lipinski definition) is 0. The molecule has 0 aliphatic carbocycles. The number of hydrogen-bond acceptors (Lipinski definition) is 5. The summed E-state index contributed by atoms with van der Waals surface area (Å²) >= 11 is 0. The van der Waals surface area contributed by atoms with Crippen molar-refractivity contribution in [1.82, 2.24) is 4.90 Å². The highest BCUT2D eigenvalue weighted by molar-refractivity contribution is 6.12. The molecule has 5 heteroatoms. The summed E-state index contributed by atoms with van der Waals surface area (Å²) in [5.74, 6) is 3.19. The van der Waals surface area contributed by atoms with Gasteiger partial charge in [0.2, 0.25) is 0 Å². The molecular weight excluding hydrogens is 378 g/mol. The lowest BCUT2D eigenvalue weighted by Gasteiger charge is -2.37. The molecular formula is C25H29NO4. The van der Waals surface area contributed by atoms with Crippen molar-refractivity contribution in [3.63, 3.8) is 0 Å². The summed E-state index contributed by atoms with van der Waals surface area (Å²) < 4.78 is 23.1. The van der Waals surface area contributed by atoms with Crippen molar-refractivity contribution >= 4 is 21.5 Å². The standard InChI is InChI=1S/C25H29NO4/c1-5-15-9-16-18-12-24-25(30-8-7-29-24)13-19(18)17-10-22(27-3)23(28-4)11-20(17)21(16)14-26(15)6-2/h10-13,15H,5-9,14H2,1-4H3. The monoisotopic (exact) mass is 407 g/mol. The third-order valence-corrected chi connectivity index (χ3v) is 6.71. The fourth-order valence-corrected chi connectivity index (χ4v) is 5.12. The number of rotatable bonds is 4. The second-order valence-corrected chi connectivity index (χ2v) is 8.08. The summed E-state index contributed by atoms with van der Waals surface area (Å²) in [6.07, 6.45) is 2.18. The fourth-order valence-electron chi connectivity index (χ4n) is 5.12. The zero-order valence-corrected chi connectivity index (χ0v) is 18.2. The second kappa shape index (κ2) is 7.55. The molecule has 158 valence electrons. The number of fused-ring (bicyclic) bond motifs is 7. The average molecular weight is 408 g/mol. The Labute approximate surface area is 177 Å². The predicted molar refractivity (Wildman–Crippen MR) is 119 cm³/mol. The lowest BCUT2D eigenvalue weighted by molar-refractivity contribution is 0.172. The topological polar surface area (TPSA) is 40.2 Å². The van der Waals surface area contributed by atoms with Crippen LogP contribution in [0, 0.1) is 0 Å². The molecule has 1 unspecified atom stereocenters. The van der Waals surface area contributed by atoms with Crippen LogP contribution >= 0.6 is 0 Å². The number of ether oxygens (including phenoxy) is 4. The van der Waals surface area contributed by atoms with Crippen molar-refractivity contribution in [3.8, 4) is 23.0 Å². The zero-order valence-electron chi connectivity index (χ0n) is 18.2. The molecule has 0 bridgehead atoms. The average Bonchev–Trinajstić information content (AvgIpc) is 2.81. The summed E-state index contributed by atoms with van der Waals surface area (Å²) in [6, 6.07) is 9.13. The smallest absolute Gasteiger partial charge is 0.162 e. The summed E-state index contributed by atoms with van der Waals surface area (Å²) in [6.45, 7) is 7.71. The third kappa shape index (κ3) is 2.87. The number of nitrogens with zero attached hydrogens (tertiary/aromatic N) is 1. The molecule has 30 heavy (non-hydrogen) atoms. The minimum atomic E-state index is 0.552. The Hall–Kier alpha value is -2.66. The summed E-state index contributed by atoms with van der Waals surface area (Å²) in [4.78, 5) is 2.59. The number of likely N-dealkylation sites (N-methyl/N-ethyl adjacent to an activating group) is 1. The van der Waals surface area contributed by atoms with Crippen LogP contribution < -0.4 is 18.9 Å². The summed E-state index contributed by atoms with van der Waals surface area (Å²) in [5, 5.41) is 4.86. The maximum atomic E-state index is 5.93. The SMILES string of the molecule is CCC1Cc2c(c3cc(OC)c(OC)cc3c3cc4c(cc23)OCCO4)CN1CC. The van der Waals surface area contributed by atoms with E-state index < -0.39 is 0 Å². The molecule has 0 fully saturated rings. The van der Waals surface area contributed by atoms with Gasteiger partial charge in [0.05, 0.1) is 14.2 Å². The summed E-state index contributed by atoms with van der Waals surface area (Å²) in [7, 11) is 3.39. The highest BCUT2D eigenvalue weighted by Gasteiger charge is 2.29. The van der Waals surface area contributed by atoms with E-state index in [0.717, 1.165) is 48.9 Å². The fraction of sp³-hybridized carbons (Fsp3) is 0.440. The molecule has 3 aromatic rings. The van der Waals surface area contributed by atoms with E-state index >= 15 is 0 Å². The quantitative estimate of drug-likeness (QED) is 0.573. The Balaban J connectivity index is 1.88. The molecule has 0 spiro atoms. The van der Waals surface area contributed by atoms with Crippen LogP contribution in [0.4, 0.5) is 0 Å². The van der Waals surface area contributed by atoms with E-state index in [0.29, 0.717) is 19.3 Å². The molecule has 5 nitrogen and oxygen atoms in total. The summed E-state index contributed by atoms with van der Waals surface area (Å²) in [5.41, 5.74) is 2.82. The minimum absolute atomic E-state index is 0.552. The first kappa shape index (κ1) is 19.3. The van der Waals surface area contributed by atoms with Gasteiger partial charge in [0.1, 0.15) is 13.2 Å². The molecule has 0 N–H and O–H groups in total. The largest absolute Gasteiger partial charge is 0.493 e. The van der Waals surface area contributed by atoms with Crippen molar-refractivity contribution in [2.24, 2.45) is 0 Å². The van der Waals surface area contributed by atoms with Gasteiger partial charge in [-0.1, -0.05) is 13.8 Å². The van der Waals surface area contributed by atoms with Gasteiger partial charge in [0, 0.05) is 12.6 Å². The van der Waals surface area contributed by atoms with Gasteiger partial charge in [-0.25, -0.2) is 0 Å². The Morgan fingerprint density at radius 3 is 2.00 bits per heavy atom. The van der Waals surface area contributed by atoms with E-state index in [9.17, 15) is 0 Å².